The fourth-order valence-corrected chi connectivity index (χ4v) is 2.89. The van der Waals surface area contributed by atoms with E-state index in [1.54, 1.807) is 0 Å². The molecule has 3 rings (SSSR count). The molecule has 0 saturated heterocycles. The van der Waals surface area contributed by atoms with E-state index in [0.717, 1.165) is 24.2 Å². The first-order valence-electron chi connectivity index (χ1n) is 7.61. The van der Waals surface area contributed by atoms with Gasteiger partial charge in [0.25, 0.3) is 0 Å². The van der Waals surface area contributed by atoms with Gasteiger partial charge < -0.3 is 15.0 Å². The van der Waals surface area contributed by atoms with E-state index >= 15 is 0 Å². The van der Waals surface area contributed by atoms with Crippen LogP contribution in [0.2, 0.25) is 0 Å². The maximum atomic E-state index is 6.18. The van der Waals surface area contributed by atoms with Crippen LogP contribution in [0.1, 0.15) is 44.4 Å². The lowest BCUT2D eigenvalue weighted by Crippen LogP contribution is -2.31. The number of nitrogens with two attached hydrogens (primary N) is 1. The van der Waals surface area contributed by atoms with E-state index in [2.05, 4.69) is 10.1 Å². The highest BCUT2D eigenvalue weighted by Crippen LogP contribution is 2.33. The van der Waals surface area contributed by atoms with Gasteiger partial charge in [0.15, 0.2) is 0 Å². The molecule has 0 radical (unpaired) electrons. The van der Waals surface area contributed by atoms with Crippen molar-refractivity contribution in [1.29, 1.82) is 0 Å². The second-order valence-corrected chi connectivity index (χ2v) is 5.44. The Kier molecular flexibility index (Phi) is 4.20. The summed E-state index contributed by atoms with van der Waals surface area (Å²) in [4.78, 5) is 4.56. The van der Waals surface area contributed by atoms with Gasteiger partial charge >= 0.3 is 0 Å². The second kappa shape index (κ2) is 6.26. The van der Waals surface area contributed by atoms with Crippen molar-refractivity contribution in [3.8, 4) is 17.1 Å². The molecule has 1 fully saturated rings. The summed E-state index contributed by atoms with van der Waals surface area (Å²) in [6.07, 6.45) is 4.41. The summed E-state index contributed by atoms with van der Waals surface area (Å²) in [6.45, 7) is 2.56. The molecule has 1 heterocycles. The Labute approximate surface area is 124 Å². The van der Waals surface area contributed by atoms with E-state index in [-0.39, 0.29) is 12.0 Å². The van der Waals surface area contributed by atoms with E-state index in [9.17, 15) is 0 Å². The summed E-state index contributed by atoms with van der Waals surface area (Å²) in [6, 6.07) is 7.86. The summed E-state index contributed by atoms with van der Waals surface area (Å²) in [5.41, 5.74) is 7.04. The first-order chi connectivity index (χ1) is 10.3. The Morgan fingerprint density at radius 1 is 1.29 bits per heavy atom. The van der Waals surface area contributed by atoms with Crippen molar-refractivity contribution in [2.45, 2.75) is 44.6 Å². The van der Waals surface area contributed by atoms with Crippen LogP contribution in [0.3, 0.4) is 0 Å². The molecular formula is C16H21N3O2. The van der Waals surface area contributed by atoms with Crippen molar-refractivity contribution < 1.29 is 9.26 Å². The summed E-state index contributed by atoms with van der Waals surface area (Å²) in [7, 11) is 0. The number of benzene rings is 1. The number of hydrogen-bond acceptors (Lipinski definition) is 5. The second-order valence-electron chi connectivity index (χ2n) is 5.44. The predicted octanol–water partition coefficient (Wildman–Crippen LogP) is 3.12. The Morgan fingerprint density at radius 3 is 2.90 bits per heavy atom. The SMILES string of the molecule is CCOc1ccccc1-c1noc(C2CCCCC2N)n1. The molecule has 2 atom stereocenters. The fourth-order valence-electron chi connectivity index (χ4n) is 2.89. The standard InChI is InChI=1S/C16H21N3O2/c1-2-20-14-10-6-4-8-12(14)15-18-16(21-19-15)11-7-3-5-9-13(11)17/h4,6,8,10-11,13H,2-3,5,7,9,17H2,1H3. The Hall–Kier alpha value is -1.88. The van der Waals surface area contributed by atoms with Gasteiger partial charge in [-0.2, -0.15) is 4.98 Å². The van der Waals surface area contributed by atoms with Crippen molar-refractivity contribution >= 4 is 0 Å². The molecule has 21 heavy (non-hydrogen) atoms. The third-order valence-corrected chi connectivity index (χ3v) is 4.01. The highest BCUT2D eigenvalue weighted by atomic mass is 16.5. The van der Waals surface area contributed by atoms with Gasteiger partial charge in [-0.3, -0.25) is 0 Å². The lowest BCUT2D eigenvalue weighted by atomic mass is 9.85. The van der Waals surface area contributed by atoms with Crippen molar-refractivity contribution in [2.24, 2.45) is 5.73 Å². The third kappa shape index (κ3) is 2.93. The monoisotopic (exact) mass is 287 g/mol. The van der Waals surface area contributed by atoms with Crippen LogP contribution in [0.5, 0.6) is 5.75 Å². The highest BCUT2D eigenvalue weighted by molar-refractivity contribution is 5.63. The molecule has 5 nitrogen and oxygen atoms in total. The quantitative estimate of drug-likeness (QED) is 0.935. The molecule has 1 saturated carbocycles. The minimum absolute atomic E-state index is 0.120. The highest BCUT2D eigenvalue weighted by Gasteiger charge is 2.28. The van der Waals surface area contributed by atoms with Crippen LogP contribution in [0.15, 0.2) is 28.8 Å². The minimum atomic E-state index is 0.120. The maximum Gasteiger partial charge on any atom is 0.231 e. The zero-order valence-electron chi connectivity index (χ0n) is 12.3. The van der Waals surface area contributed by atoms with Gasteiger partial charge in [0.1, 0.15) is 5.75 Å². The average molecular weight is 287 g/mol. The van der Waals surface area contributed by atoms with Crippen molar-refractivity contribution in [1.82, 2.24) is 10.1 Å². The van der Waals surface area contributed by atoms with Crippen LogP contribution >= 0.6 is 0 Å². The van der Waals surface area contributed by atoms with Crippen LogP contribution in [-0.4, -0.2) is 22.8 Å². The number of rotatable bonds is 4. The first-order valence-corrected chi connectivity index (χ1v) is 7.61. The van der Waals surface area contributed by atoms with Gasteiger partial charge in [-0.25, -0.2) is 0 Å². The molecule has 2 aromatic rings. The van der Waals surface area contributed by atoms with Crippen LogP contribution in [0, 0.1) is 0 Å². The molecule has 2 unspecified atom stereocenters. The van der Waals surface area contributed by atoms with Crippen LogP contribution < -0.4 is 10.5 Å². The van der Waals surface area contributed by atoms with Crippen LogP contribution in [0.4, 0.5) is 0 Å². The van der Waals surface area contributed by atoms with Gasteiger partial charge in [0.05, 0.1) is 18.1 Å². The molecule has 0 aliphatic heterocycles. The zero-order chi connectivity index (χ0) is 14.7. The maximum absolute atomic E-state index is 6.18. The van der Waals surface area contributed by atoms with Crippen molar-refractivity contribution in [3.63, 3.8) is 0 Å². The lowest BCUT2D eigenvalue weighted by molar-refractivity contribution is 0.290. The Morgan fingerprint density at radius 2 is 2.10 bits per heavy atom. The predicted molar refractivity (Wildman–Crippen MR) is 80.1 cm³/mol. The van der Waals surface area contributed by atoms with E-state index in [4.69, 9.17) is 15.0 Å². The van der Waals surface area contributed by atoms with E-state index in [0.29, 0.717) is 18.3 Å². The average Bonchev–Trinajstić information content (AvgIpc) is 2.98. The van der Waals surface area contributed by atoms with Gasteiger partial charge in [-0.05, 0) is 31.9 Å². The van der Waals surface area contributed by atoms with Gasteiger partial charge in [0, 0.05) is 6.04 Å². The molecule has 0 bridgehead atoms. The van der Waals surface area contributed by atoms with Crippen molar-refractivity contribution in [2.75, 3.05) is 6.61 Å². The fraction of sp³-hybridized carbons (Fsp3) is 0.500. The van der Waals surface area contributed by atoms with E-state index in [1.807, 2.05) is 31.2 Å². The van der Waals surface area contributed by atoms with Crippen LogP contribution in [-0.2, 0) is 0 Å². The molecular weight excluding hydrogens is 266 g/mol. The molecule has 0 amide bonds. The van der Waals surface area contributed by atoms with Crippen molar-refractivity contribution in [3.05, 3.63) is 30.2 Å². The smallest absolute Gasteiger partial charge is 0.231 e. The van der Waals surface area contributed by atoms with Gasteiger partial charge in [-0.1, -0.05) is 30.1 Å². The number of hydrogen-bond donors (Lipinski definition) is 1. The Balaban J connectivity index is 1.88. The summed E-state index contributed by atoms with van der Waals surface area (Å²) >= 11 is 0. The summed E-state index contributed by atoms with van der Waals surface area (Å²) in [5, 5.41) is 4.12. The third-order valence-electron chi connectivity index (χ3n) is 4.01. The molecule has 1 aliphatic carbocycles. The normalized spacial score (nSPS) is 22.2. The molecule has 0 spiro atoms. The minimum Gasteiger partial charge on any atom is -0.493 e. The van der Waals surface area contributed by atoms with Gasteiger partial charge in [-0.15, -0.1) is 0 Å². The Bertz CT molecular complexity index is 597. The molecule has 1 aromatic carbocycles. The topological polar surface area (TPSA) is 74.2 Å². The van der Waals surface area contributed by atoms with E-state index < -0.39 is 0 Å². The lowest BCUT2D eigenvalue weighted by Gasteiger charge is -2.25. The van der Waals surface area contributed by atoms with Gasteiger partial charge in [0.2, 0.25) is 11.7 Å². The summed E-state index contributed by atoms with van der Waals surface area (Å²) in [5.74, 6) is 2.19. The number of nitrogens with zero attached hydrogens (tertiary/aromatic N) is 2. The molecule has 1 aromatic heterocycles. The number of aromatic nitrogens is 2. The van der Waals surface area contributed by atoms with E-state index in [1.165, 1.54) is 12.8 Å². The number of para-hydroxylation sites is 1. The molecule has 2 N–H and O–H groups in total. The molecule has 5 heteroatoms. The zero-order valence-corrected chi connectivity index (χ0v) is 12.3. The van der Waals surface area contributed by atoms with Crippen LogP contribution in [0.25, 0.3) is 11.4 Å². The summed E-state index contributed by atoms with van der Waals surface area (Å²) < 4.78 is 11.1. The number of ether oxygens (including phenoxy) is 1. The largest absolute Gasteiger partial charge is 0.493 e. The molecule has 1 aliphatic rings. The first kappa shape index (κ1) is 14.1. The molecule has 112 valence electrons.